The van der Waals surface area contributed by atoms with E-state index in [2.05, 4.69) is 21.5 Å². The maximum absolute atomic E-state index is 15.3. The number of aliphatic hydroxyl groups is 1. The third kappa shape index (κ3) is 4.40. The number of hydrogen-bond acceptors (Lipinski definition) is 7. The summed E-state index contributed by atoms with van der Waals surface area (Å²) in [7, 11) is 0. The molecule has 0 aromatic carbocycles. The van der Waals surface area contributed by atoms with Crippen LogP contribution in [-0.2, 0) is 0 Å². The Morgan fingerprint density at radius 3 is 2.69 bits per heavy atom. The molecule has 4 heterocycles. The van der Waals surface area contributed by atoms with Gasteiger partial charge < -0.3 is 21.1 Å². The van der Waals surface area contributed by atoms with Gasteiger partial charge in [-0.05, 0) is 75.9 Å². The average Bonchev–Trinajstić information content (AvgIpc) is 3.55. The highest BCUT2D eigenvalue weighted by Crippen LogP contribution is 2.40. The number of hydrogen-bond donors (Lipinski definition) is 3. The van der Waals surface area contributed by atoms with E-state index < -0.39 is 17.7 Å². The van der Waals surface area contributed by atoms with Crippen molar-refractivity contribution in [1.82, 2.24) is 19.9 Å². The number of anilines is 1. The van der Waals surface area contributed by atoms with E-state index >= 15 is 4.39 Å². The third-order valence-electron chi connectivity index (χ3n) is 7.54. The molecule has 10 heteroatoms. The molecular formula is C26H30FN7O2. The fraction of sp³-hybridized carbons (Fsp3) is 0.462. The highest BCUT2D eigenvalue weighted by molar-refractivity contribution is 5.99. The maximum atomic E-state index is 15.3. The molecule has 3 aromatic rings. The van der Waals surface area contributed by atoms with Crippen LogP contribution < -0.4 is 16.0 Å². The molecule has 188 valence electrons. The molecule has 0 bridgehead atoms. The number of fused-ring (bicyclic) bond motifs is 2. The summed E-state index contributed by atoms with van der Waals surface area (Å²) in [5.74, 6) is 0.331. The molecule has 4 N–H and O–H groups in total. The molecule has 2 fully saturated rings. The highest BCUT2D eigenvalue weighted by atomic mass is 19.1. The van der Waals surface area contributed by atoms with Gasteiger partial charge in [0.25, 0.3) is 5.91 Å². The third-order valence-corrected chi connectivity index (χ3v) is 7.54. The van der Waals surface area contributed by atoms with Crippen molar-refractivity contribution in [2.75, 3.05) is 24.5 Å². The molecule has 3 atom stereocenters. The van der Waals surface area contributed by atoms with E-state index in [0.717, 1.165) is 31.4 Å². The second-order valence-corrected chi connectivity index (χ2v) is 10.4. The summed E-state index contributed by atoms with van der Waals surface area (Å²) in [6, 6.07) is 9.23. The van der Waals surface area contributed by atoms with Gasteiger partial charge in [0.05, 0.1) is 52.1 Å². The van der Waals surface area contributed by atoms with Crippen LogP contribution in [0.3, 0.4) is 0 Å². The Labute approximate surface area is 208 Å². The molecule has 36 heavy (non-hydrogen) atoms. The summed E-state index contributed by atoms with van der Waals surface area (Å²) < 4.78 is 17.0. The lowest BCUT2D eigenvalue weighted by atomic mass is 10.00. The average molecular weight is 492 g/mol. The minimum Gasteiger partial charge on any atom is -0.387 e. The standard InChI is InChI=1S/C26H30FN7O2/c1-26(2,36)24(27)14-33(19-6-16-11-30-12-17(16)7-19)23-8-21(31-13-20(23)25(29)35)22-4-3-18-5-15(9-28)10-32-34(18)22/h3-5,8,10,13,16-17,19,24,30,36H,6-7,11-12,14H2,1-2H3,(H2,29,35)/t16?,17?,19?,24-/m1/s1. The van der Waals surface area contributed by atoms with Gasteiger partial charge in [0, 0.05) is 12.2 Å². The predicted octanol–water partition coefficient (Wildman–Crippen LogP) is 2.28. The molecule has 1 aliphatic heterocycles. The Kier molecular flexibility index (Phi) is 6.14. The number of alkyl halides is 1. The van der Waals surface area contributed by atoms with E-state index in [1.807, 2.05) is 17.0 Å². The van der Waals surface area contributed by atoms with E-state index in [1.54, 1.807) is 16.6 Å². The van der Waals surface area contributed by atoms with Gasteiger partial charge >= 0.3 is 0 Å². The largest absolute Gasteiger partial charge is 0.387 e. The summed E-state index contributed by atoms with van der Waals surface area (Å²) in [4.78, 5) is 18.8. The van der Waals surface area contributed by atoms with Crippen molar-refractivity contribution in [2.24, 2.45) is 17.6 Å². The van der Waals surface area contributed by atoms with Crippen molar-refractivity contribution >= 4 is 17.1 Å². The second-order valence-electron chi connectivity index (χ2n) is 10.4. The van der Waals surface area contributed by atoms with Crippen LogP contribution in [0, 0.1) is 23.2 Å². The van der Waals surface area contributed by atoms with Crippen molar-refractivity contribution < 1.29 is 14.3 Å². The van der Waals surface area contributed by atoms with E-state index in [-0.39, 0.29) is 18.2 Å². The fourth-order valence-electron chi connectivity index (χ4n) is 5.50. The summed E-state index contributed by atoms with van der Waals surface area (Å²) in [5.41, 5.74) is 7.28. The minimum atomic E-state index is -1.55. The van der Waals surface area contributed by atoms with Crippen LogP contribution in [-0.4, -0.2) is 63.1 Å². The van der Waals surface area contributed by atoms with Crippen LogP contribution in [0.1, 0.15) is 42.6 Å². The zero-order chi connectivity index (χ0) is 25.6. The molecule has 1 amide bonds. The lowest BCUT2D eigenvalue weighted by Crippen LogP contribution is -2.46. The van der Waals surface area contributed by atoms with Crippen LogP contribution in [0.25, 0.3) is 16.9 Å². The number of amides is 1. The molecule has 9 nitrogen and oxygen atoms in total. The van der Waals surface area contributed by atoms with Gasteiger partial charge in [-0.25, -0.2) is 8.91 Å². The van der Waals surface area contributed by atoms with Gasteiger partial charge in [0.15, 0.2) is 0 Å². The normalized spacial score (nSPS) is 22.4. The van der Waals surface area contributed by atoms with Crippen molar-refractivity contribution in [3.63, 3.8) is 0 Å². The molecule has 5 rings (SSSR count). The summed E-state index contributed by atoms with van der Waals surface area (Å²) >= 11 is 0. The number of carbonyl (C=O) groups is 1. The molecule has 1 saturated heterocycles. The molecule has 1 saturated carbocycles. The predicted molar refractivity (Wildman–Crippen MR) is 133 cm³/mol. The van der Waals surface area contributed by atoms with Crippen LogP contribution in [0.15, 0.2) is 36.7 Å². The van der Waals surface area contributed by atoms with Crippen LogP contribution in [0.5, 0.6) is 0 Å². The molecule has 0 spiro atoms. The number of aromatic nitrogens is 3. The number of pyridine rings is 1. The van der Waals surface area contributed by atoms with Gasteiger partial charge in [-0.2, -0.15) is 10.4 Å². The molecule has 2 unspecified atom stereocenters. The van der Waals surface area contributed by atoms with Crippen LogP contribution in [0.4, 0.5) is 10.1 Å². The number of nitriles is 1. The van der Waals surface area contributed by atoms with Gasteiger partial charge in [0.1, 0.15) is 12.2 Å². The van der Waals surface area contributed by atoms with E-state index in [9.17, 15) is 15.2 Å². The first-order valence-corrected chi connectivity index (χ1v) is 12.2. The van der Waals surface area contributed by atoms with Crippen molar-refractivity contribution in [3.8, 4) is 17.5 Å². The lowest BCUT2D eigenvalue weighted by molar-refractivity contribution is -0.000134. The zero-order valence-electron chi connectivity index (χ0n) is 20.4. The molecule has 1 aliphatic carbocycles. The minimum absolute atomic E-state index is 0.00331. The van der Waals surface area contributed by atoms with Crippen LogP contribution >= 0.6 is 0 Å². The van der Waals surface area contributed by atoms with E-state index in [0.29, 0.717) is 34.5 Å². The van der Waals surface area contributed by atoms with Gasteiger partial charge in [-0.15, -0.1) is 0 Å². The fourth-order valence-corrected chi connectivity index (χ4v) is 5.50. The number of halogens is 1. The number of carbonyl (C=O) groups excluding carboxylic acids is 1. The zero-order valence-corrected chi connectivity index (χ0v) is 20.4. The first-order chi connectivity index (χ1) is 17.2. The number of nitrogens with zero attached hydrogens (tertiary/aromatic N) is 5. The van der Waals surface area contributed by atoms with E-state index in [4.69, 9.17) is 5.73 Å². The number of nitrogens with one attached hydrogen (secondary N) is 1. The highest BCUT2D eigenvalue weighted by Gasteiger charge is 2.42. The molecule has 3 aromatic heterocycles. The summed E-state index contributed by atoms with van der Waals surface area (Å²) in [6.07, 6.45) is 3.08. The number of primary amides is 1. The molecule has 0 radical (unpaired) electrons. The molecule has 2 aliphatic rings. The second kappa shape index (κ2) is 9.15. The SMILES string of the molecule is CC(C)(O)[C@H](F)CN(c1cc(-c2ccc3cc(C#N)cnn23)ncc1C(N)=O)C1CC2CNCC2C1. The summed E-state index contributed by atoms with van der Waals surface area (Å²) in [5, 5.41) is 27.4. The lowest BCUT2D eigenvalue weighted by Gasteiger charge is -2.36. The maximum Gasteiger partial charge on any atom is 0.252 e. The summed E-state index contributed by atoms with van der Waals surface area (Å²) in [6.45, 7) is 4.67. The quantitative estimate of drug-likeness (QED) is 0.462. The van der Waals surface area contributed by atoms with Gasteiger partial charge in [0.2, 0.25) is 0 Å². The van der Waals surface area contributed by atoms with Crippen LogP contribution in [0.2, 0.25) is 0 Å². The van der Waals surface area contributed by atoms with Crippen molar-refractivity contribution in [2.45, 2.75) is 44.5 Å². The Morgan fingerprint density at radius 2 is 2.06 bits per heavy atom. The number of nitrogens with two attached hydrogens (primary N) is 1. The van der Waals surface area contributed by atoms with Gasteiger partial charge in [-0.3, -0.25) is 9.78 Å². The monoisotopic (exact) mass is 491 g/mol. The number of rotatable bonds is 7. The van der Waals surface area contributed by atoms with Crippen molar-refractivity contribution in [3.05, 3.63) is 47.8 Å². The first-order valence-electron chi connectivity index (χ1n) is 12.2. The van der Waals surface area contributed by atoms with E-state index in [1.165, 1.54) is 26.2 Å². The smallest absolute Gasteiger partial charge is 0.252 e. The molecular weight excluding hydrogens is 461 g/mol. The Hall–Kier alpha value is -3.55. The Bertz CT molecular complexity index is 1330. The van der Waals surface area contributed by atoms with Crippen molar-refractivity contribution in [1.29, 1.82) is 5.26 Å². The Balaban J connectivity index is 1.60. The Morgan fingerprint density at radius 1 is 1.33 bits per heavy atom. The topological polar surface area (TPSA) is 133 Å². The van der Waals surface area contributed by atoms with Gasteiger partial charge in [-0.1, -0.05) is 0 Å². The first kappa shape index (κ1) is 24.2.